The number of hydrogen-bond acceptors (Lipinski definition) is 10. The van der Waals surface area contributed by atoms with Crippen molar-refractivity contribution in [3.63, 3.8) is 0 Å². The molecule has 0 fully saturated rings. The molecular formula is C21H18CuN4O8S2. The molecule has 15 heteroatoms. The summed E-state index contributed by atoms with van der Waals surface area (Å²) in [5, 5.41) is 29.0. The van der Waals surface area contributed by atoms with Crippen LogP contribution in [-0.4, -0.2) is 36.2 Å². The smallest absolute Gasteiger partial charge is 0.295 e. The van der Waals surface area contributed by atoms with Gasteiger partial charge in [-0.05, 0) is 42.8 Å². The summed E-state index contributed by atoms with van der Waals surface area (Å²) in [5.41, 5.74) is 11.9. The molecule has 0 aromatic heterocycles. The van der Waals surface area contributed by atoms with Gasteiger partial charge in [0.05, 0.1) is 5.39 Å². The van der Waals surface area contributed by atoms with Crippen LogP contribution in [0.2, 0.25) is 0 Å². The molecule has 0 atom stereocenters. The number of nitrogens with zero attached hydrogens (tertiary/aromatic N) is 2. The Labute approximate surface area is 215 Å². The minimum Gasteiger partial charge on any atom is -0.506 e. The molecule has 36 heavy (non-hydrogen) atoms. The van der Waals surface area contributed by atoms with Crippen molar-refractivity contribution in [2.45, 2.75) is 16.7 Å². The summed E-state index contributed by atoms with van der Waals surface area (Å²) < 4.78 is 66.2. The van der Waals surface area contributed by atoms with Crippen molar-refractivity contribution < 1.29 is 53.2 Å². The van der Waals surface area contributed by atoms with E-state index in [0.29, 0.717) is 0 Å². The molecule has 1 radical (unpaired) electrons. The average Bonchev–Trinajstić information content (AvgIpc) is 2.74. The summed E-state index contributed by atoms with van der Waals surface area (Å²) in [5.74, 6) is -1.18. The molecule has 193 valence electrons. The van der Waals surface area contributed by atoms with Crippen LogP contribution in [-0.2, 0) is 37.3 Å². The van der Waals surface area contributed by atoms with Crippen LogP contribution in [0, 0.1) is 6.92 Å². The van der Waals surface area contributed by atoms with Crippen LogP contribution in [0.5, 0.6) is 11.5 Å². The van der Waals surface area contributed by atoms with Gasteiger partial charge in [0.15, 0.2) is 5.75 Å². The Balaban J connectivity index is 0.00000361. The Kier molecular flexibility index (Phi) is 6.94. The van der Waals surface area contributed by atoms with Crippen LogP contribution in [0.1, 0.15) is 5.56 Å². The fraction of sp³-hybridized carbons (Fsp3) is 0.0476. The molecule has 0 saturated carbocycles. The minimum atomic E-state index is -4.72. The average molecular weight is 582 g/mol. The Bertz CT molecular complexity index is 1810. The van der Waals surface area contributed by atoms with Crippen molar-refractivity contribution in [3.05, 3.63) is 48.0 Å². The van der Waals surface area contributed by atoms with Gasteiger partial charge in [-0.3, -0.25) is 9.11 Å². The molecule has 0 unspecified atom stereocenters. The second kappa shape index (κ2) is 9.20. The quantitative estimate of drug-likeness (QED) is 0.0883. The fourth-order valence-electron chi connectivity index (χ4n) is 3.70. The summed E-state index contributed by atoms with van der Waals surface area (Å²) in [6, 6.07) is 8.49. The van der Waals surface area contributed by atoms with E-state index in [9.17, 15) is 36.2 Å². The second-order valence-electron chi connectivity index (χ2n) is 7.66. The number of nitrogens with two attached hydrogens (primary N) is 2. The van der Waals surface area contributed by atoms with Crippen LogP contribution >= 0.6 is 0 Å². The summed E-state index contributed by atoms with van der Waals surface area (Å²) in [6.45, 7) is 1.49. The molecule has 8 N–H and O–H groups in total. The van der Waals surface area contributed by atoms with E-state index in [1.807, 2.05) is 0 Å². The largest absolute Gasteiger partial charge is 0.506 e. The molecule has 0 aliphatic carbocycles. The van der Waals surface area contributed by atoms with Gasteiger partial charge in [-0.1, -0.05) is 6.07 Å². The standard InChI is InChI=1S/C21H18N4O8S2.Cu/c1-9-6-16(34(28,29)30)12-4-5-14(21(27)18(12)19(9)23)24-25-20-11-3-2-10(22)7-13(11)17(8-15(20)26)35(31,32)33;/h2-8,26-27H,22-23H2,1H3,(H,28,29,30)(H,31,32,33);. The van der Waals surface area contributed by atoms with E-state index in [2.05, 4.69) is 10.2 Å². The maximum Gasteiger partial charge on any atom is 0.295 e. The number of rotatable bonds is 4. The third-order valence-corrected chi connectivity index (χ3v) is 7.14. The number of phenolic OH excluding ortho intramolecular Hbond substituents is 2. The Morgan fingerprint density at radius 2 is 1.36 bits per heavy atom. The zero-order valence-electron chi connectivity index (χ0n) is 18.1. The fourth-order valence-corrected chi connectivity index (χ4v) is 5.19. The van der Waals surface area contributed by atoms with Crippen molar-refractivity contribution >= 4 is 64.5 Å². The van der Waals surface area contributed by atoms with Crippen LogP contribution in [0.4, 0.5) is 22.7 Å². The van der Waals surface area contributed by atoms with Crippen LogP contribution in [0.3, 0.4) is 0 Å². The molecule has 0 aliphatic heterocycles. The van der Waals surface area contributed by atoms with Gasteiger partial charge in [-0.15, -0.1) is 10.2 Å². The van der Waals surface area contributed by atoms with Crippen molar-refractivity contribution in [1.29, 1.82) is 0 Å². The molecule has 0 heterocycles. The Hall–Kier alpha value is -3.46. The molecule has 0 aliphatic rings. The number of aryl methyl sites for hydroxylation is 1. The van der Waals surface area contributed by atoms with Crippen LogP contribution in [0.15, 0.2) is 62.5 Å². The predicted octanol–water partition coefficient (Wildman–Crippen LogP) is 3.78. The summed E-state index contributed by atoms with van der Waals surface area (Å²) in [6.07, 6.45) is 0. The zero-order valence-corrected chi connectivity index (χ0v) is 20.7. The normalized spacial score (nSPS) is 12.3. The maximum atomic E-state index is 11.8. The van der Waals surface area contributed by atoms with Gasteiger partial charge in [0.2, 0.25) is 0 Å². The SMILES string of the molecule is Cc1cc(S(=O)(=O)O)c2ccc(N=Nc3c(O)cc(S(=O)(=O)O)c4cc(N)ccc34)c(O)c2c1N.[Cu]. The monoisotopic (exact) mass is 581 g/mol. The topological polar surface area (TPSA) is 226 Å². The molecule has 12 nitrogen and oxygen atoms in total. The van der Waals surface area contributed by atoms with E-state index >= 15 is 0 Å². The van der Waals surface area contributed by atoms with E-state index in [4.69, 9.17) is 11.5 Å². The van der Waals surface area contributed by atoms with Gasteiger partial charge in [-0.25, -0.2) is 0 Å². The Morgan fingerprint density at radius 1 is 0.778 bits per heavy atom. The molecule has 0 bridgehead atoms. The Morgan fingerprint density at radius 3 is 1.97 bits per heavy atom. The maximum absolute atomic E-state index is 11.8. The first kappa shape index (κ1) is 27.1. The molecule has 0 amide bonds. The van der Waals surface area contributed by atoms with E-state index < -0.39 is 41.5 Å². The predicted molar refractivity (Wildman–Crippen MR) is 129 cm³/mol. The number of nitrogen functional groups attached to an aromatic ring is 2. The van der Waals surface area contributed by atoms with Crippen molar-refractivity contribution in [3.8, 4) is 11.5 Å². The van der Waals surface area contributed by atoms with Gasteiger partial charge < -0.3 is 21.7 Å². The zero-order chi connectivity index (χ0) is 25.9. The van der Waals surface area contributed by atoms with Gasteiger partial charge in [-0.2, -0.15) is 16.8 Å². The van der Waals surface area contributed by atoms with E-state index in [0.717, 1.165) is 6.07 Å². The first-order valence-corrected chi connectivity index (χ1v) is 12.5. The van der Waals surface area contributed by atoms with Gasteiger partial charge in [0, 0.05) is 50.7 Å². The molecule has 0 spiro atoms. The van der Waals surface area contributed by atoms with Crippen LogP contribution in [0.25, 0.3) is 21.5 Å². The van der Waals surface area contributed by atoms with Crippen molar-refractivity contribution in [1.82, 2.24) is 0 Å². The molecule has 0 saturated heterocycles. The second-order valence-corrected chi connectivity index (χ2v) is 10.4. The van der Waals surface area contributed by atoms with Gasteiger partial charge in [0.25, 0.3) is 20.2 Å². The third-order valence-electron chi connectivity index (χ3n) is 5.35. The number of benzene rings is 4. The number of aromatic hydroxyl groups is 2. The van der Waals surface area contributed by atoms with Crippen molar-refractivity contribution in [2.75, 3.05) is 11.5 Å². The number of hydrogen-bond donors (Lipinski definition) is 6. The van der Waals surface area contributed by atoms with E-state index in [1.165, 1.54) is 43.3 Å². The number of fused-ring (bicyclic) bond motifs is 2. The summed E-state index contributed by atoms with van der Waals surface area (Å²) in [7, 11) is -9.36. The van der Waals surface area contributed by atoms with E-state index in [1.54, 1.807) is 0 Å². The van der Waals surface area contributed by atoms with Gasteiger partial charge in [0.1, 0.15) is 26.9 Å². The van der Waals surface area contributed by atoms with Gasteiger partial charge >= 0.3 is 0 Å². The summed E-state index contributed by atoms with van der Waals surface area (Å²) in [4.78, 5) is -1.05. The number of anilines is 2. The number of azo groups is 1. The molecule has 4 rings (SSSR count). The molecule has 4 aromatic rings. The molecular weight excluding hydrogens is 564 g/mol. The van der Waals surface area contributed by atoms with Crippen LogP contribution < -0.4 is 11.5 Å². The van der Waals surface area contributed by atoms with Crippen molar-refractivity contribution in [2.24, 2.45) is 10.2 Å². The molecule has 4 aromatic carbocycles. The minimum absolute atomic E-state index is 0. The number of phenols is 2. The summed E-state index contributed by atoms with van der Waals surface area (Å²) >= 11 is 0. The third kappa shape index (κ3) is 4.67. The van der Waals surface area contributed by atoms with E-state index in [-0.39, 0.29) is 66.9 Å². The first-order chi connectivity index (χ1) is 16.2. The first-order valence-electron chi connectivity index (χ1n) is 9.67.